The molecule has 1 saturated carbocycles. The summed E-state index contributed by atoms with van der Waals surface area (Å²) in [7, 11) is -4.01. The topological polar surface area (TPSA) is 89.5 Å². The number of carbonyl (C=O) groups is 2. The zero-order chi connectivity index (χ0) is 21.4. The summed E-state index contributed by atoms with van der Waals surface area (Å²) in [5.41, 5.74) is -2.30. The number of ether oxygens (including phenoxy) is 1. The molecule has 3 rings (SSSR count). The molecule has 0 radical (unpaired) electrons. The molecule has 1 aliphatic rings. The number of aldehydes is 1. The quantitative estimate of drug-likeness (QED) is 0.752. The van der Waals surface area contributed by atoms with E-state index in [9.17, 15) is 22.4 Å². The highest BCUT2D eigenvalue weighted by Crippen LogP contribution is 2.56. The highest BCUT2D eigenvalue weighted by molar-refractivity contribution is 7.92. The van der Waals surface area contributed by atoms with E-state index in [4.69, 9.17) is 4.74 Å². The van der Waals surface area contributed by atoms with E-state index in [1.807, 2.05) is 0 Å². The number of benzene rings is 2. The first-order chi connectivity index (χ1) is 13.5. The second kappa shape index (κ2) is 7.26. The summed E-state index contributed by atoms with van der Waals surface area (Å²) in [6.07, 6.45) is -0.519. The van der Waals surface area contributed by atoms with Crippen molar-refractivity contribution in [1.82, 2.24) is 5.32 Å². The highest BCUT2D eigenvalue weighted by Gasteiger charge is 2.73. The van der Waals surface area contributed by atoms with Gasteiger partial charge in [-0.1, -0.05) is 30.3 Å². The average Bonchev–Trinajstić information content (AvgIpc) is 3.30. The van der Waals surface area contributed by atoms with Gasteiger partial charge in [0.1, 0.15) is 28.5 Å². The molecule has 1 fully saturated rings. The molecule has 0 heterocycles. The van der Waals surface area contributed by atoms with E-state index in [1.165, 1.54) is 36.4 Å². The van der Waals surface area contributed by atoms with Gasteiger partial charge in [0.2, 0.25) is 0 Å². The maximum atomic E-state index is 13.8. The molecule has 154 valence electrons. The van der Waals surface area contributed by atoms with Crippen molar-refractivity contribution < 1.29 is 27.1 Å². The van der Waals surface area contributed by atoms with Gasteiger partial charge >= 0.3 is 6.09 Å². The van der Waals surface area contributed by atoms with Crippen LogP contribution in [0.1, 0.15) is 32.3 Å². The first-order valence-electron chi connectivity index (χ1n) is 9.03. The van der Waals surface area contributed by atoms with Crippen molar-refractivity contribution in [1.29, 1.82) is 0 Å². The molecular formula is C21H22FNO5S. The number of carbonyl (C=O) groups excluding carboxylic acids is 2. The van der Waals surface area contributed by atoms with Crippen LogP contribution in [0.25, 0.3) is 0 Å². The van der Waals surface area contributed by atoms with Gasteiger partial charge in [-0.25, -0.2) is 17.6 Å². The molecule has 0 aromatic heterocycles. The Kier molecular flexibility index (Phi) is 5.25. The third kappa shape index (κ3) is 4.03. The SMILES string of the molecule is CC(C)(C)OC(=O)N[C@]1(C=O)[C@H](c2cccc(F)c2)[C@@H]1S(=O)(=O)c1ccccc1. The summed E-state index contributed by atoms with van der Waals surface area (Å²) >= 11 is 0. The van der Waals surface area contributed by atoms with Crippen LogP contribution in [0.3, 0.4) is 0 Å². The zero-order valence-electron chi connectivity index (χ0n) is 16.3. The lowest BCUT2D eigenvalue weighted by Gasteiger charge is -2.22. The van der Waals surface area contributed by atoms with Crippen molar-refractivity contribution in [2.75, 3.05) is 0 Å². The Hall–Kier alpha value is -2.74. The van der Waals surface area contributed by atoms with E-state index >= 15 is 0 Å². The van der Waals surface area contributed by atoms with Gasteiger partial charge in [-0.2, -0.15) is 0 Å². The van der Waals surface area contributed by atoms with Crippen molar-refractivity contribution in [3.8, 4) is 0 Å². The number of halogens is 1. The Morgan fingerprint density at radius 3 is 2.34 bits per heavy atom. The number of sulfone groups is 1. The molecule has 0 bridgehead atoms. The summed E-state index contributed by atoms with van der Waals surface area (Å²) < 4.78 is 45.5. The Labute approximate surface area is 169 Å². The van der Waals surface area contributed by atoms with Gasteiger partial charge in [0.05, 0.1) is 4.90 Å². The largest absolute Gasteiger partial charge is 0.444 e. The zero-order valence-corrected chi connectivity index (χ0v) is 17.1. The minimum absolute atomic E-state index is 0.0149. The Morgan fingerprint density at radius 1 is 1.14 bits per heavy atom. The van der Waals surface area contributed by atoms with Crippen LogP contribution in [0.2, 0.25) is 0 Å². The standard InChI is InChI=1S/C21H22FNO5S/c1-20(2,3)28-19(25)23-21(13-24)17(14-8-7-9-15(22)12-14)18(21)29(26,27)16-10-5-4-6-11-16/h4-13,17-18H,1-3H3,(H,23,25)/t17-,18+,21-/m1/s1. The molecule has 1 N–H and O–H groups in total. The Bertz CT molecular complexity index is 1030. The van der Waals surface area contributed by atoms with E-state index in [1.54, 1.807) is 39.0 Å². The molecule has 0 unspecified atom stereocenters. The minimum atomic E-state index is -4.01. The summed E-state index contributed by atoms with van der Waals surface area (Å²) in [6, 6.07) is 13.0. The fraction of sp³-hybridized carbons (Fsp3) is 0.333. The van der Waals surface area contributed by atoms with E-state index in [0.717, 1.165) is 0 Å². The molecule has 29 heavy (non-hydrogen) atoms. The van der Waals surface area contributed by atoms with E-state index in [-0.39, 0.29) is 4.90 Å². The Balaban J connectivity index is 2.05. The van der Waals surface area contributed by atoms with Crippen LogP contribution < -0.4 is 5.32 Å². The molecule has 3 atom stereocenters. The first-order valence-corrected chi connectivity index (χ1v) is 10.6. The molecule has 0 aliphatic heterocycles. The van der Waals surface area contributed by atoms with Crippen molar-refractivity contribution >= 4 is 22.2 Å². The van der Waals surface area contributed by atoms with Gasteiger partial charge in [0, 0.05) is 5.92 Å². The highest BCUT2D eigenvalue weighted by atomic mass is 32.2. The first kappa shape index (κ1) is 21.0. The van der Waals surface area contributed by atoms with Crippen LogP contribution in [0.4, 0.5) is 9.18 Å². The molecule has 0 spiro atoms. The second-order valence-electron chi connectivity index (χ2n) is 7.99. The Morgan fingerprint density at radius 2 is 1.79 bits per heavy atom. The van der Waals surface area contributed by atoms with Crippen molar-refractivity contribution in [2.45, 2.75) is 48.0 Å². The summed E-state index contributed by atoms with van der Waals surface area (Å²) in [5, 5.41) is 1.15. The number of rotatable bonds is 5. The van der Waals surface area contributed by atoms with E-state index in [0.29, 0.717) is 11.8 Å². The van der Waals surface area contributed by atoms with Crippen LogP contribution in [-0.2, 0) is 19.4 Å². The monoisotopic (exact) mass is 419 g/mol. The third-order valence-corrected chi connectivity index (χ3v) is 6.97. The fourth-order valence-electron chi connectivity index (χ4n) is 3.52. The van der Waals surface area contributed by atoms with Crippen LogP contribution in [-0.4, -0.2) is 37.2 Å². The lowest BCUT2D eigenvalue weighted by atomic mass is 10.1. The van der Waals surface area contributed by atoms with Gasteiger partial charge in [-0.15, -0.1) is 0 Å². The molecule has 2 aromatic carbocycles. The third-order valence-electron chi connectivity index (χ3n) is 4.71. The van der Waals surface area contributed by atoms with Gasteiger partial charge in [-0.05, 0) is 50.6 Å². The molecule has 0 saturated heterocycles. The van der Waals surface area contributed by atoms with E-state index in [2.05, 4.69) is 5.32 Å². The van der Waals surface area contributed by atoms with Gasteiger partial charge in [0.15, 0.2) is 9.84 Å². The van der Waals surface area contributed by atoms with Crippen molar-refractivity contribution in [2.24, 2.45) is 0 Å². The molecule has 1 aliphatic carbocycles. The summed E-state index contributed by atoms with van der Waals surface area (Å²) in [4.78, 5) is 24.5. The molecule has 1 amide bonds. The normalized spacial score (nSPS) is 23.9. The van der Waals surface area contributed by atoms with Gasteiger partial charge < -0.3 is 14.8 Å². The van der Waals surface area contributed by atoms with Crippen LogP contribution in [0.5, 0.6) is 0 Å². The van der Waals surface area contributed by atoms with Crippen LogP contribution in [0.15, 0.2) is 59.5 Å². The lowest BCUT2D eigenvalue weighted by molar-refractivity contribution is -0.110. The van der Waals surface area contributed by atoms with Gasteiger partial charge in [0.25, 0.3) is 0 Å². The van der Waals surface area contributed by atoms with Crippen LogP contribution in [0, 0.1) is 5.82 Å². The number of hydrogen-bond acceptors (Lipinski definition) is 5. The number of amides is 1. The predicted octanol–water partition coefficient (Wildman–Crippen LogP) is 3.23. The van der Waals surface area contributed by atoms with Crippen molar-refractivity contribution in [3.05, 3.63) is 66.0 Å². The maximum Gasteiger partial charge on any atom is 0.408 e. The van der Waals surface area contributed by atoms with Crippen molar-refractivity contribution in [3.63, 3.8) is 0 Å². The lowest BCUT2D eigenvalue weighted by Crippen LogP contribution is -2.45. The molecule has 6 nitrogen and oxygen atoms in total. The molecule has 8 heteroatoms. The minimum Gasteiger partial charge on any atom is -0.444 e. The summed E-state index contributed by atoms with van der Waals surface area (Å²) in [5.74, 6) is -1.52. The van der Waals surface area contributed by atoms with Gasteiger partial charge in [-0.3, -0.25) is 0 Å². The number of hydrogen-bond donors (Lipinski definition) is 1. The summed E-state index contributed by atoms with van der Waals surface area (Å²) in [6.45, 7) is 4.94. The van der Waals surface area contributed by atoms with E-state index < -0.39 is 44.1 Å². The average molecular weight is 419 g/mol. The molecule has 2 aromatic rings. The molecular weight excluding hydrogens is 397 g/mol. The van der Waals surface area contributed by atoms with Crippen LogP contribution >= 0.6 is 0 Å². The maximum absolute atomic E-state index is 13.8. The predicted molar refractivity (Wildman–Crippen MR) is 105 cm³/mol. The smallest absolute Gasteiger partial charge is 0.408 e. The number of nitrogens with one attached hydrogen (secondary N) is 1. The number of alkyl carbamates (subject to hydrolysis) is 1. The fourth-order valence-corrected chi connectivity index (χ4v) is 5.78. The second-order valence-corrected chi connectivity index (χ2v) is 10.1.